The maximum atomic E-state index is 5.06. The Balaban J connectivity index is 0.00000112. The van der Waals surface area contributed by atoms with Crippen LogP contribution in [0.2, 0.25) is 0 Å². The van der Waals surface area contributed by atoms with E-state index in [4.69, 9.17) is 4.74 Å². The summed E-state index contributed by atoms with van der Waals surface area (Å²) >= 11 is 0. The summed E-state index contributed by atoms with van der Waals surface area (Å²) in [6.45, 7) is 4.13. The molecule has 1 saturated heterocycles. The lowest BCUT2D eigenvalue weighted by atomic mass is 10.3. The Hall–Kier alpha value is -1.00. The monoisotopic (exact) mass is 229 g/mol. The average Bonchev–Trinajstić information content (AvgIpc) is 2.30. The SMILES string of the molecule is COc1ccc(N2CCNCC2)nc1.Cl. The Morgan fingerprint density at radius 2 is 2.07 bits per heavy atom. The van der Waals surface area contributed by atoms with Crippen LogP contribution in [0.25, 0.3) is 0 Å². The van der Waals surface area contributed by atoms with Crippen molar-refractivity contribution in [1.29, 1.82) is 0 Å². The molecule has 2 heterocycles. The topological polar surface area (TPSA) is 37.4 Å². The molecule has 1 aliphatic heterocycles. The maximum Gasteiger partial charge on any atom is 0.137 e. The molecule has 0 atom stereocenters. The Morgan fingerprint density at radius 1 is 1.33 bits per heavy atom. The molecule has 0 amide bonds. The Kier molecular flexibility index (Phi) is 4.65. The average molecular weight is 230 g/mol. The van der Waals surface area contributed by atoms with Gasteiger partial charge < -0.3 is 15.0 Å². The van der Waals surface area contributed by atoms with Gasteiger partial charge in [0, 0.05) is 26.2 Å². The summed E-state index contributed by atoms with van der Waals surface area (Å²) in [5.74, 6) is 1.84. The van der Waals surface area contributed by atoms with Crippen molar-refractivity contribution >= 4 is 18.2 Å². The van der Waals surface area contributed by atoms with Gasteiger partial charge in [-0.3, -0.25) is 0 Å². The van der Waals surface area contributed by atoms with E-state index in [-0.39, 0.29) is 12.4 Å². The van der Waals surface area contributed by atoms with Gasteiger partial charge in [0.2, 0.25) is 0 Å². The highest BCUT2D eigenvalue weighted by atomic mass is 35.5. The van der Waals surface area contributed by atoms with Gasteiger partial charge in [-0.25, -0.2) is 4.98 Å². The fourth-order valence-corrected chi connectivity index (χ4v) is 1.57. The molecule has 4 nitrogen and oxygen atoms in total. The number of ether oxygens (including phenoxy) is 1. The third-order valence-electron chi connectivity index (χ3n) is 2.40. The number of pyridine rings is 1. The van der Waals surface area contributed by atoms with Crippen LogP contribution in [0.3, 0.4) is 0 Å². The second-order valence-electron chi connectivity index (χ2n) is 3.29. The lowest BCUT2D eigenvalue weighted by Gasteiger charge is -2.28. The molecular formula is C10H16ClN3O. The zero-order chi connectivity index (χ0) is 9.80. The number of rotatable bonds is 2. The van der Waals surface area contributed by atoms with Crippen LogP contribution in [0, 0.1) is 0 Å². The molecule has 1 N–H and O–H groups in total. The second kappa shape index (κ2) is 5.78. The summed E-state index contributed by atoms with van der Waals surface area (Å²) < 4.78 is 5.06. The Morgan fingerprint density at radius 3 is 2.60 bits per heavy atom. The lowest BCUT2D eigenvalue weighted by Crippen LogP contribution is -2.43. The van der Waals surface area contributed by atoms with Gasteiger partial charge in [0.25, 0.3) is 0 Å². The summed E-state index contributed by atoms with van der Waals surface area (Å²) in [5, 5.41) is 3.31. The smallest absolute Gasteiger partial charge is 0.137 e. The van der Waals surface area contributed by atoms with E-state index in [9.17, 15) is 0 Å². The maximum absolute atomic E-state index is 5.06. The molecule has 0 aliphatic carbocycles. The van der Waals surface area contributed by atoms with Crippen LogP contribution in [-0.2, 0) is 0 Å². The van der Waals surface area contributed by atoms with Crippen LogP contribution >= 0.6 is 12.4 Å². The summed E-state index contributed by atoms with van der Waals surface area (Å²) in [5.41, 5.74) is 0. The first-order valence-corrected chi connectivity index (χ1v) is 4.86. The van der Waals surface area contributed by atoms with Gasteiger partial charge in [-0.15, -0.1) is 12.4 Å². The van der Waals surface area contributed by atoms with Gasteiger partial charge in [0.15, 0.2) is 0 Å². The molecule has 0 aromatic carbocycles. The summed E-state index contributed by atoms with van der Waals surface area (Å²) in [6.07, 6.45) is 1.76. The van der Waals surface area contributed by atoms with E-state index in [2.05, 4.69) is 15.2 Å². The minimum Gasteiger partial charge on any atom is -0.495 e. The summed E-state index contributed by atoms with van der Waals surface area (Å²) in [6, 6.07) is 3.95. The Bertz CT molecular complexity index is 285. The number of hydrogen-bond acceptors (Lipinski definition) is 4. The van der Waals surface area contributed by atoms with Crippen LogP contribution in [0.4, 0.5) is 5.82 Å². The van der Waals surface area contributed by atoms with E-state index < -0.39 is 0 Å². The third-order valence-corrected chi connectivity index (χ3v) is 2.40. The third kappa shape index (κ3) is 2.97. The van der Waals surface area contributed by atoms with Gasteiger partial charge in [0.05, 0.1) is 13.3 Å². The molecule has 0 spiro atoms. The first-order chi connectivity index (χ1) is 6.90. The highest BCUT2D eigenvalue weighted by Gasteiger charge is 2.10. The van der Waals surface area contributed by atoms with E-state index >= 15 is 0 Å². The van der Waals surface area contributed by atoms with Crippen LogP contribution in [0.1, 0.15) is 0 Å². The molecule has 1 aliphatic rings. The number of piperazine rings is 1. The van der Waals surface area contributed by atoms with Crippen molar-refractivity contribution < 1.29 is 4.74 Å². The van der Waals surface area contributed by atoms with Crippen molar-refractivity contribution in [2.45, 2.75) is 0 Å². The van der Waals surface area contributed by atoms with Crippen LogP contribution in [0.5, 0.6) is 5.75 Å². The fourth-order valence-electron chi connectivity index (χ4n) is 1.57. The van der Waals surface area contributed by atoms with E-state index in [1.807, 2.05) is 12.1 Å². The van der Waals surface area contributed by atoms with Crippen molar-refractivity contribution in [2.75, 3.05) is 38.2 Å². The van der Waals surface area contributed by atoms with Crippen molar-refractivity contribution in [2.24, 2.45) is 0 Å². The minimum absolute atomic E-state index is 0. The number of nitrogens with zero attached hydrogens (tertiary/aromatic N) is 2. The van der Waals surface area contributed by atoms with Crippen molar-refractivity contribution in [1.82, 2.24) is 10.3 Å². The van der Waals surface area contributed by atoms with Gasteiger partial charge in [-0.1, -0.05) is 0 Å². The Labute approximate surface area is 96.0 Å². The number of hydrogen-bond donors (Lipinski definition) is 1. The zero-order valence-electron chi connectivity index (χ0n) is 8.77. The standard InChI is InChI=1S/C10H15N3O.ClH/c1-14-9-2-3-10(12-8-9)13-6-4-11-5-7-13;/h2-3,8,11H,4-7H2,1H3;1H. The molecule has 0 unspecified atom stereocenters. The zero-order valence-corrected chi connectivity index (χ0v) is 9.59. The first kappa shape index (κ1) is 12.1. The quantitative estimate of drug-likeness (QED) is 0.819. The molecule has 1 fully saturated rings. The number of halogens is 1. The normalized spacial score (nSPS) is 15.7. The van der Waals surface area contributed by atoms with E-state index in [0.29, 0.717) is 0 Å². The van der Waals surface area contributed by atoms with E-state index in [0.717, 1.165) is 37.7 Å². The number of aromatic nitrogens is 1. The predicted molar refractivity (Wildman–Crippen MR) is 63.1 cm³/mol. The summed E-state index contributed by atoms with van der Waals surface area (Å²) in [4.78, 5) is 6.62. The molecule has 2 rings (SSSR count). The van der Waals surface area contributed by atoms with Crippen LogP contribution in [0.15, 0.2) is 18.3 Å². The van der Waals surface area contributed by atoms with Crippen molar-refractivity contribution in [3.63, 3.8) is 0 Å². The number of anilines is 1. The first-order valence-electron chi connectivity index (χ1n) is 4.86. The van der Waals surface area contributed by atoms with Crippen molar-refractivity contribution in [3.05, 3.63) is 18.3 Å². The predicted octanol–water partition coefficient (Wildman–Crippen LogP) is 0.922. The van der Waals surface area contributed by atoms with Gasteiger partial charge in [0.1, 0.15) is 11.6 Å². The van der Waals surface area contributed by atoms with Gasteiger partial charge >= 0.3 is 0 Å². The molecule has 15 heavy (non-hydrogen) atoms. The molecule has 0 saturated carbocycles. The molecule has 1 aromatic heterocycles. The minimum atomic E-state index is 0. The number of nitrogens with one attached hydrogen (secondary N) is 1. The summed E-state index contributed by atoms with van der Waals surface area (Å²) in [7, 11) is 1.65. The highest BCUT2D eigenvalue weighted by molar-refractivity contribution is 5.85. The largest absolute Gasteiger partial charge is 0.495 e. The highest BCUT2D eigenvalue weighted by Crippen LogP contribution is 2.15. The molecule has 1 aromatic rings. The van der Waals surface area contributed by atoms with Crippen LogP contribution < -0.4 is 15.0 Å². The molecular weight excluding hydrogens is 214 g/mol. The lowest BCUT2D eigenvalue weighted by molar-refractivity contribution is 0.413. The molecule has 5 heteroatoms. The fraction of sp³-hybridized carbons (Fsp3) is 0.500. The molecule has 84 valence electrons. The van der Waals surface area contributed by atoms with Crippen LogP contribution in [-0.4, -0.2) is 38.3 Å². The van der Waals surface area contributed by atoms with E-state index in [1.54, 1.807) is 13.3 Å². The molecule has 0 bridgehead atoms. The van der Waals surface area contributed by atoms with Gasteiger partial charge in [-0.05, 0) is 12.1 Å². The van der Waals surface area contributed by atoms with Crippen molar-refractivity contribution in [3.8, 4) is 5.75 Å². The number of methoxy groups -OCH3 is 1. The van der Waals surface area contributed by atoms with E-state index in [1.165, 1.54) is 0 Å². The van der Waals surface area contributed by atoms with Gasteiger partial charge in [-0.2, -0.15) is 0 Å². The molecule has 0 radical (unpaired) electrons. The second-order valence-corrected chi connectivity index (χ2v) is 3.29.